The highest BCUT2D eigenvalue weighted by atomic mass is 79.9. The molecule has 2 unspecified atom stereocenters. The van der Waals surface area contributed by atoms with Crippen LogP contribution in [0.2, 0.25) is 0 Å². The van der Waals surface area contributed by atoms with Crippen LogP contribution in [0.15, 0.2) is 33.2 Å². The van der Waals surface area contributed by atoms with E-state index in [-0.39, 0.29) is 12.2 Å². The maximum absolute atomic E-state index is 5.90. The summed E-state index contributed by atoms with van der Waals surface area (Å²) in [5.74, 6) is 1.69. The monoisotopic (exact) mass is 484 g/mol. The number of hydrogen-bond donors (Lipinski definition) is 0. The molecule has 1 aromatic heterocycles. The molecule has 7 heteroatoms. The van der Waals surface area contributed by atoms with E-state index in [1.807, 2.05) is 0 Å². The fraction of sp³-hybridized carbons (Fsp3) is 0.333. The molecule has 3 aromatic rings. The van der Waals surface area contributed by atoms with E-state index in [0.717, 1.165) is 33.7 Å². The van der Waals surface area contributed by atoms with Crippen LogP contribution in [0.5, 0.6) is 11.5 Å². The van der Waals surface area contributed by atoms with Crippen molar-refractivity contribution in [3.63, 3.8) is 0 Å². The molecular formula is C18H14Br2O4S. The molecule has 2 atom stereocenters. The van der Waals surface area contributed by atoms with E-state index in [2.05, 4.69) is 56.1 Å². The Kier molecular flexibility index (Phi) is 4.17. The number of rotatable bonds is 6. The normalized spacial score (nSPS) is 21.7. The second-order valence-electron chi connectivity index (χ2n) is 6.19. The maximum atomic E-state index is 5.90. The van der Waals surface area contributed by atoms with E-state index >= 15 is 0 Å². The Morgan fingerprint density at radius 1 is 0.840 bits per heavy atom. The number of halogens is 2. The van der Waals surface area contributed by atoms with E-state index in [1.54, 1.807) is 11.3 Å². The van der Waals surface area contributed by atoms with Crippen molar-refractivity contribution in [2.24, 2.45) is 0 Å². The van der Waals surface area contributed by atoms with E-state index in [0.29, 0.717) is 13.2 Å². The van der Waals surface area contributed by atoms with Crippen molar-refractivity contribution in [2.75, 3.05) is 26.4 Å². The van der Waals surface area contributed by atoms with Gasteiger partial charge < -0.3 is 18.9 Å². The smallest absolute Gasteiger partial charge is 0.134 e. The molecule has 2 aromatic carbocycles. The quantitative estimate of drug-likeness (QED) is 0.453. The summed E-state index contributed by atoms with van der Waals surface area (Å²) in [6, 6.07) is 8.44. The van der Waals surface area contributed by atoms with Crippen LogP contribution < -0.4 is 9.47 Å². The number of ether oxygens (including phenoxy) is 4. The molecule has 0 saturated carbocycles. The molecule has 4 nitrogen and oxygen atoms in total. The van der Waals surface area contributed by atoms with E-state index < -0.39 is 0 Å². The third-order valence-electron chi connectivity index (χ3n) is 4.23. The van der Waals surface area contributed by atoms with E-state index in [4.69, 9.17) is 18.9 Å². The van der Waals surface area contributed by atoms with Gasteiger partial charge >= 0.3 is 0 Å². The SMILES string of the molecule is Brc1cc2sc3cc(Br)c(OCC4CO4)cc3c2cc1OCC1CO1. The molecule has 2 saturated heterocycles. The lowest BCUT2D eigenvalue weighted by Crippen LogP contribution is -2.04. The first-order chi connectivity index (χ1) is 12.2. The zero-order chi connectivity index (χ0) is 17.0. The Labute approximate surface area is 165 Å². The number of epoxide rings is 2. The summed E-state index contributed by atoms with van der Waals surface area (Å²) >= 11 is 8.99. The Morgan fingerprint density at radius 3 is 1.68 bits per heavy atom. The molecule has 2 aliphatic heterocycles. The van der Waals surface area contributed by atoms with Gasteiger partial charge in [0.25, 0.3) is 0 Å². The number of thiophene rings is 1. The lowest BCUT2D eigenvalue weighted by Gasteiger charge is -2.08. The van der Waals surface area contributed by atoms with Crippen molar-refractivity contribution >= 4 is 63.4 Å². The average Bonchev–Trinajstić information content (AvgIpc) is 3.49. The van der Waals surface area contributed by atoms with Crippen molar-refractivity contribution in [1.29, 1.82) is 0 Å². The predicted molar refractivity (Wildman–Crippen MR) is 105 cm³/mol. The number of fused-ring (bicyclic) bond motifs is 3. The van der Waals surface area contributed by atoms with Gasteiger partial charge in [0.05, 0.1) is 22.2 Å². The minimum absolute atomic E-state index is 0.238. The van der Waals surface area contributed by atoms with Crippen LogP contribution in [0.3, 0.4) is 0 Å². The van der Waals surface area contributed by atoms with Gasteiger partial charge in [0.15, 0.2) is 0 Å². The van der Waals surface area contributed by atoms with Gasteiger partial charge in [-0.25, -0.2) is 0 Å². The van der Waals surface area contributed by atoms with Crippen molar-refractivity contribution in [1.82, 2.24) is 0 Å². The Balaban J connectivity index is 1.54. The summed E-state index contributed by atoms with van der Waals surface area (Å²) < 4.78 is 26.6. The summed E-state index contributed by atoms with van der Waals surface area (Å²) in [5.41, 5.74) is 0. The molecule has 130 valence electrons. The molecule has 3 heterocycles. The fourth-order valence-electron chi connectivity index (χ4n) is 2.69. The van der Waals surface area contributed by atoms with Gasteiger partial charge in [-0.2, -0.15) is 0 Å². The molecule has 2 aliphatic rings. The van der Waals surface area contributed by atoms with Gasteiger partial charge in [-0.3, -0.25) is 0 Å². The average molecular weight is 486 g/mol. The maximum Gasteiger partial charge on any atom is 0.134 e. The zero-order valence-corrected chi connectivity index (χ0v) is 17.1. The molecular weight excluding hydrogens is 472 g/mol. The van der Waals surface area contributed by atoms with Gasteiger partial charge in [-0.05, 0) is 56.1 Å². The highest BCUT2D eigenvalue weighted by Crippen LogP contribution is 2.43. The molecule has 0 aliphatic carbocycles. The number of hydrogen-bond acceptors (Lipinski definition) is 5. The first-order valence-corrected chi connectivity index (χ1v) is 10.4. The second kappa shape index (κ2) is 6.39. The first kappa shape index (κ1) is 16.3. The molecule has 0 radical (unpaired) electrons. The minimum atomic E-state index is 0.238. The van der Waals surface area contributed by atoms with Crippen LogP contribution in [0.25, 0.3) is 20.2 Å². The second-order valence-corrected chi connectivity index (χ2v) is 8.98. The summed E-state index contributed by atoms with van der Waals surface area (Å²) in [4.78, 5) is 0. The zero-order valence-electron chi connectivity index (χ0n) is 13.1. The molecule has 2 fully saturated rings. The van der Waals surface area contributed by atoms with Gasteiger partial charge in [0, 0.05) is 20.2 Å². The Bertz CT molecular complexity index is 887. The third kappa shape index (κ3) is 3.40. The lowest BCUT2D eigenvalue weighted by atomic mass is 10.1. The largest absolute Gasteiger partial charge is 0.490 e. The molecule has 0 N–H and O–H groups in total. The van der Waals surface area contributed by atoms with Gasteiger partial charge in [-0.1, -0.05) is 0 Å². The van der Waals surface area contributed by atoms with Crippen molar-refractivity contribution in [3.05, 3.63) is 33.2 Å². The highest BCUT2D eigenvalue weighted by Gasteiger charge is 2.25. The molecule has 0 amide bonds. The molecule has 25 heavy (non-hydrogen) atoms. The number of benzene rings is 2. The summed E-state index contributed by atoms with van der Waals surface area (Å²) in [5, 5.41) is 2.35. The van der Waals surface area contributed by atoms with E-state index in [1.165, 1.54) is 20.2 Å². The van der Waals surface area contributed by atoms with Gasteiger partial charge in [0.2, 0.25) is 0 Å². The summed E-state index contributed by atoms with van der Waals surface area (Å²) in [7, 11) is 0. The van der Waals surface area contributed by atoms with Crippen molar-refractivity contribution in [2.45, 2.75) is 12.2 Å². The fourth-order valence-corrected chi connectivity index (χ4v) is 5.06. The molecule has 5 rings (SSSR count). The van der Waals surface area contributed by atoms with Crippen LogP contribution in [-0.4, -0.2) is 38.6 Å². The predicted octanol–water partition coefficient (Wildman–Crippen LogP) is 5.13. The summed E-state index contributed by atoms with van der Waals surface area (Å²) in [6.07, 6.45) is 0.477. The third-order valence-corrected chi connectivity index (χ3v) is 6.59. The topological polar surface area (TPSA) is 43.5 Å². The van der Waals surface area contributed by atoms with E-state index in [9.17, 15) is 0 Å². The molecule has 0 spiro atoms. The van der Waals surface area contributed by atoms with Gasteiger partial charge in [-0.15, -0.1) is 11.3 Å². The van der Waals surface area contributed by atoms with Crippen LogP contribution >= 0.6 is 43.2 Å². The Morgan fingerprint density at radius 2 is 1.28 bits per heavy atom. The molecule has 0 bridgehead atoms. The first-order valence-electron chi connectivity index (χ1n) is 8.01. The standard InChI is InChI=1S/C18H14Br2O4S/c19-13-3-17-11(1-15(13)23-7-9-5-21-9)12-2-16(24-8-10-6-22-10)14(20)4-18(12)25-17/h1-4,9-10H,5-8H2. The van der Waals surface area contributed by atoms with Crippen LogP contribution in [0.4, 0.5) is 0 Å². The highest BCUT2D eigenvalue weighted by molar-refractivity contribution is 9.11. The Hall–Kier alpha value is -0.860. The van der Waals surface area contributed by atoms with Crippen molar-refractivity contribution < 1.29 is 18.9 Å². The van der Waals surface area contributed by atoms with Crippen LogP contribution in [0.1, 0.15) is 0 Å². The van der Waals surface area contributed by atoms with Gasteiger partial charge in [0.1, 0.15) is 36.9 Å². The van der Waals surface area contributed by atoms with Crippen LogP contribution in [-0.2, 0) is 9.47 Å². The van der Waals surface area contributed by atoms with Crippen molar-refractivity contribution in [3.8, 4) is 11.5 Å². The minimum Gasteiger partial charge on any atom is -0.490 e. The summed E-state index contributed by atoms with van der Waals surface area (Å²) in [6.45, 7) is 2.77. The lowest BCUT2D eigenvalue weighted by molar-refractivity contribution is 0.262. The van der Waals surface area contributed by atoms with Crippen LogP contribution in [0, 0.1) is 0 Å².